The highest BCUT2D eigenvalue weighted by molar-refractivity contribution is 5.88. The third kappa shape index (κ3) is 3.28. The van der Waals surface area contributed by atoms with Gasteiger partial charge in [-0.25, -0.2) is 4.79 Å². The summed E-state index contributed by atoms with van der Waals surface area (Å²) in [5, 5.41) is 13.7. The molecule has 0 bridgehead atoms. The Balaban J connectivity index is 1.21. The highest BCUT2D eigenvalue weighted by Crippen LogP contribution is 2.57. The second kappa shape index (κ2) is 6.90. The summed E-state index contributed by atoms with van der Waals surface area (Å²) in [5.74, 6) is 0.812. The van der Waals surface area contributed by atoms with E-state index in [1.165, 1.54) is 0 Å². The number of piperidine rings is 1. The van der Waals surface area contributed by atoms with Gasteiger partial charge in [0.2, 0.25) is 5.91 Å². The average molecular weight is 395 g/mol. The number of carbonyl (C=O) groups excluding carboxylic acids is 1. The SMILES string of the molecule is Cc1ccccc1OC1CCN(C(=O)Cn2nc(C(=O)O)c3c2C[C@H]2C[C@@H]32)CC1. The summed E-state index contributed by atoms with van der Waals surface area (Å²) in [7, 11) is 0. The second-order valence-electron chi connectivity index (χ2n) is 8.44. The maximum Gasteiger partial charge on any atom is 0.356 e. The first-order chi connectivity index (χ1) is 14.0. The van der Waals surface area contributed by atoms with Gasteiger partial charge in [0.25, 0.3) is 0 Å². The van der Waals surface area contributed by atoms with Crippen LogP contribution >= 0.6 is 0 Å². The fraction of sp³-hybridized carbons (Fsp3) is 0.500. The molecule has 2 heterocycles. The Labute approximate surface area is 169 Å². The summed E-state index contributed by atoms with van der Waals surface area (Å²) in [6.45, 7) is 3.45. The summed E-state index contributed by atoms with van der Waals surface area (Å²) in [5.41, 5.74) is 3.09. The van der Waals surface area contributed by atoms with Crippen molar-refractivity contribution in [3.05, 3.63) is 46.8 Å². The number of hydrogen-bond donors (Lipinski definition) is 1. The van der Waals surface area contributed by atoms with Crippen molar-refractivity contribution < 1.29 is 19.4 Å². The van der Waals surface area contributed by atoms with Gasteiger partial charge in [-0.15, -0.1) is 0 Å². The molecule has 0 radical (unpaired) electrons. The van der Waals surface area contributed by atoms with Crippen molar-refractivity contribution >= 4 is 11.9 Å². The zero-order valence-electron chi connectivity index (χ0n) is 16.5. The zero-order chi connectivity index (χ0) is 20.1. The lowest BCUT2D eigenvalue weighted by atomic mass is 10.1. The monoisotopic (exact) mass is 395 g/mol. The number of aromatic nitrogens is 2. The number of para-hydroxylation sites is 1. The molecule has 2 fully saturated rings. The third-order valence-electron chi connectivity index (χ3n) is 6.52. The minimum absolute atomic E-state index is 0.00199. The molecule has 2 aliphatic carbocycles. The van der Waals surface area contributed by atoms with Gasteiger partial charge in [0.1, 0.15) is 18.4 Å². The minimum atomic E-state index is -0.992. The molecule has 1 saturated carbocycles. The van der Waals surface area contributed by atoms with Crippen molar-refractivity contribution in [3.8, 4) is 5.75 Å². The van der Waals surface area contributed by atoms with Gasteiger partial charge in [-0.3, -0.25) is 9.48 Å². The predicted molar refractivity (Wildman–Crippen MR) is 105 cm³/mol. The Morgan fingerprint density at radius 1 is 1.24 bits per heavy atom. The number of rotatable bonds is 5. The number of ether oxygens (including phenoxy) is 1. The summed E-state index contributed by atoms with van der Waals surface area (Å²) in [4.78, 5) is 26.2. The number of amides is 1. The topological polar surface area (TPSA) is 84.7 Å². The van der Waals surface area contributed by atoms with Crippen LogP contribution in [0.4, 0.5) is 0 Å². The van der Waals surface area contributed by atoms with Crippen LogP contribution < -0.4 is 4.74 Å². The molecule has 1 aromatic carbocycles. The van der Waals surface area contributed by atoms with Crippen molar-refractivity contribution in [3.63, 3.8) is 0 Å². The highest BCUT2D eigenvalue weighted by Gasteiger charge is 2.50. The number of carbonyl (C=O) groups is 2. The van der Waals surface area contributed by atoms with Crippen molar-refractivity contribution in [2.45, 2.75) is 51.2 Å². The molecule has 1 aliphatic heterocycles. The highest BCUT2D eigenvalue weighted by atomic mass is 16.5. The first kappa shape index (κ1) is 18.2. The molecule has 1 amide bonds. The van der Waals surface area contributed by atoms with Crippen LogP contribution in [0.3, 0.4) is 0 Å². The van der Waals surface area contributed by atoms with E-state index in [0.29, 0.717) is 24.9 Å². The smallest absolute Gasteiger partial charge is 0.356 e. The third-order valence-corrected chi connectivity index (χ3v) is 6.52. The number of carboxylic acid groups (broad SMARTS) is 1. The number of fused-ring (bicyclic) bond motifs is 3. The van der Waals surface area contributed by atoms with E-state index in [0.717, 1.165) is 48.3 Å². The maximum absolute atomic E-state index is 12.8. The number of carboxylic acids is 1. The number of nitrogens with zero attached hydrogens (tertiary/aromatic N) is 3. The van der Waals surface area contributed by atoms with Gasteiger partial charge in [0.05, 0.1) is 0 Å². The molecular weight excluding hydrogens is 370 g/mol. The molecule has 152 valence electrons. The number of hydrogen-bond acceptors (Lipinski definition) is 4. The van der Waals surface area contributed by atoms with E-state index in [1.807, 2.05) is 36.1 Å². The summed E-state index contributed by atoms with van der Waals surface area (Å²) in [6, 6.07) is 7.98. The van der Waals surface area contributed by atoms with E-state index >= 15 is 0 Å². The number of aryl methyl sites for hydroxylation is 1. The Kier molecular flexibility index (Phi) is 4.33. The van der Waals surface area contributed by atoms with Crippen LogP contribution in [0, 0.1) is 12.8 Å². The molecule has 2 aromatic rings. The number of likely N-dealkylation sites (tertiary alicyclic amines) is 1. The van der Waals surface area contributed by atoms with Gasteiger partial charge in [-0.05, 0) is 43.2 Å². The average Bonchev–Trinajstić information content (AvgIpc) is 3.23. The standard InChI is InChI=1S/C22H25N3O4/c1-13-4-2-3-5-18(13)29-15-6-8-24(9-7-15)19(26)12-25-17-11-14-10-16(14)20(17)21(23-25)22(27)28/h2-5,14-16H,6-12H2,1H3,(H,27,28)/t14-,16-/m1/s1. The fourth-order valence-electron chi connectivity index (χ4n) is 4.80. The zero-order valence-corrected chi connectivity index (χ0v) is 16.5. The first-order valence-corrected chi connectivity index (χ1v) is 10.3. The molecule has 1 aromatic heterocycles. The van der Waals surface area contributed by atoms with E-state index in [2.05, 4.69) is 5.10 Å². The van der Waals surface area contributed by atoms with E-state index in [-0.39, 0.29) is 24.2 Å². The van der Waals surface area contributed by atoms with Crippen LogP contribution in [0.2, 0.25) is 0 Å². The summed E-state index contributed by atoms with van der Waals surface area (Å²) < 4.78 is 7.76. The second-order valence-corrected chi connectivity index (χ2v) is 8.44. The summed E-state index contributed by atoms with van der Waals surface area (Å²) in [6.07, 6.45) is 3.60. The number of aromatic carboxylic acids is 1. The lowest BCUT2D eigenvalue weighted by molar-refractivity contribution is -0.133. The van der Waals surface area contributed by atoms with Gasteiger partial charge in [-0.1, -0.05) is 18.2 Å². The molecule has 29 heavy (non-hydrogen) atoms. The molecule has 0 spiro atoms. The van der Waals surface area contributed by atoms with Gasteiger partial charge < -0.3 is 14.7 Å². The van der Waals surface area contributed by atoms with Crippen LogP contribution in [0.1, 0.15) is 52.5 Å². The van der Waals surface area contributed by atoms with Gasteiger partial charge >= 0.3 is 5.97 Å². The van der Waals surface area contributed by atoms with E-state index < -0.39 is 5.97 Å². The normalized spacial score (nSPS) is 22.9. The quantitative estimate of drug-likeness (QED) is 0.841. The molecule has 1 saturated heterocycles. The molecule has 3 aliphatic rings. The minimum Gasteiger partial charge on any atom is -0.490 e. The van der Waals surface area contributed by atoms with Crippen LogP contribution in [0.15, 0.2) is 24.3 Å². The predicted octanol–water partition coefficient (Wildman–Crippen LogP) is 2.62. The van der Waals surface area contributed by atoms with Gasteiger partial charge in [0.15, 0.2) is 5.69 Å². The van der Waals surface area contributed by atoms with Crippen LogP contribution in [-0.4, -0.2) is 50.9 Å². The maximum atomic E-state index is 12.8. The lowest BCUT2D eigenvalue weighted by Gasteiger charge is -2.32. The van der Waals surface area contributed by atoms with Crippen LogP contribution in [0.5, 0.6) is 5.75 Å². The fourth-order valence-corrected chi connectivity index (χ4v) is 4.80. The molecule has 7 heteroatoms. The number of benzene rings is 1. The Morgan fingerprint density at radius 2 is 2.00 bits per heavy atom. The van der Waals surface area contributed by atoms with E-state index in [1.54, 1.807) is 4.68 Å². The molecule has 1 N–H and O–H groups in total. The van der Waals surface area contributed by atoms with Crippen molar-refractivity contribution in [1.82, 2.24) is 14.7 Å². The Bertz CT molecular complexity index is 974. The Morgan fingerprint density at radius 3 is 2.72 bits per heavy atom. The molecule has 2 atom stereocenters. The van der Waals surface area contributed by atoms with Crippen molar-refractivity contribution in [2.75, 3.05) is 13.1 Å². The van der Waals surface area contributed by atoms with Gasteiger partial charge in [-0.2, -0.15) is 5.10 Å². The Hall–Kier alpha value is -2.83. The van der Waals surface area contributed by atoms with Crippen LogP contribution in [-0.2, 0) is 17.8 Å². The van der Waals surface area contributed by atoms with Crippen molar-refractivity contribution in [2.24, 2.45) is 5.92 Å². The van der Waals surface area contributed by atoms with E-state index in [9.17, 15) is 14.7 Å². The molecule has 5 rings (SSSR count). The van der Waals surface area contributed by atoms with E-state index in [4.69, 9.17) is 4.74 Å². The molecule has 7 nitrogen and oxygen atoms in total. The molecule has 0 unspecified atom stereocenters. The van der Waals surface area contributed by atoms with Crippen LogP contribution in [0.25, 0.3) is 0 Å². The first-order valence-electron chi connectivity index (χ1n) is 10.3. The summed E-state index contributed by atoms with van der Waals surface area (Å²) >= 11 is 0. The van der Waals surface area contributed by atoms with Crippen molar-refractivity contribution in [1.29, 1.82) is 0 Å². The lowest BCUT2D eigenvalue weighted by Crippen LogP contribution is -2.43. The van der Waals surface area contributed by atoms with Gasteiger partial charge in [0, 0.05) is 37.2 Å². The molecular formula is C22H25N3O4. The largest absolute Gasteiger partial charge is 0.490 e.